The fraction of sp³-hybridized carbons (Fsp3) is 0.346. The maximum atomic E-state index is 12.8. The second kappa shape index (κ2) is 9.81. The molecule has 168 valence electrons. The molecule has 3 aromatic rings. The van der Waals surface area contributed by atoms with Gasteiger partial charge >= 0.3 is 0 Å². The minimum Gasteiger partial charge on any atom is -0.497 e. The first kappa shape index (κ1) is 21.8. The maximum Gasteiger partial charge on any atom is 0.260 e. The smallest absolute Gasteiger partial charge is 0.260 e. The van der Waals surface area contributed by atoms with E-state index in [4.69, 9.17) is 14.2 Å². The van der Waals surface area contributed by atoms with E-state index in [2.05, 4.69) is 23.8 Å². The number of H-pyrrole nitrogens is 1. The number of allylic oxidation sites excluding steroid dienone is 1. The molecule has 1 aliphatic rings. The van der Waals surface area contributed by atoms with Crippen LogP contribution >= 0.6 is 0 Å². The van der Waals surface area contributed by atoms with Crippen molar-refractivity contribution in [1.29, 1.82) is 0 Å². The average Bonchev–Trinajstić information content (AvgIpc) is 3.26. The third-order valence-electron chi connectivity index (χ3n) is 6.17. The summed E-state index contributed by atoms with van der Waals surface area (Å²) in [6.45, 7) is 5.21. The van der Waals surface area contributed by atoms with Crippen molar-refractivity contribution in [3.63, 3.8) is 0 Å². The lowest BCUT2D eigenvalue weighted by Gasteiger charge is -2.32. The Labute approximate surface area is 188 Å². The maximum absolute atomic E-state index is 12.8. The largest absolute Gasteiger partial charge is 0.497 e. The van der Waals surface area contributed by atoms with Gasteiger partial charge < -0.3 is 24.1 Å². The molecule has 2 heterocycles. The summed E-state index contributed by atoms with van der Waals surface area (Å²) in [5.41, 5.74) is 3.50. The van der Waals surface area contributed by atoms with Crippen molar-refractivity contribution in [1.82, 2.24) is 9.88 Å². The number of rotatable bonds is 8. The number of aromatic nitrogens is 1. The van der Waals surface area contributed by atoms with Crippen molar-refractivity contribution in [3.8, 4) is 17.2 Å². The van der Waals surface area contributed by atoms with E-state index in [1.165, 1.54) is 10.9 Å². The van der Waals surface area contributed by atoms with Gasteiger partial charge in [-0.1, -0.05) is 12.1 Å². The predicted molar refractivity (Wildman–Crippen MR) is 126 cm³/mol. The lowest BCUT2D eigenvalue weighted by Crippen LogP contribution is -2.40. The van der Waals surface area contributed by atoms with Crippen LogP contribution in [0.25, 0.3) is 10.9 Å². The van der Waals surface area contributed by atoms with Crippen molar-refractivity contribution >= 4 is 16.8 Å². The Morgan fingerprint density at radius 1 is 1.12 bits per heavy atom. The van der Waals surface area contributed by atoms with E-state index in [-0.39, 0.29) is 12.5 Å². The fourth-order valence-electron chi connectivity index (χ4n) is 4.38. The molecule has 1 fully saturated rings. The van der Waals surface area contributed by atoms with Gasteiger partial charge in [0.15, 0.2) is 18.1 Å². The highest BCUT2D eigenvalue weighted by molar-refractivity contribution is 5.85. The number of nitrogens with one attached hydrogen (secondary N) is 1. The van der Waals surface area contributed by atoms with E-state index in [1.54, 1.807) is 14.2 Å². The van der Waals surface area contributed by atoms with Crippen molar-refractivity contribution in [2.75, 3.05) is 33.9 Å². The van der Waals surface area contributed by atoms with E-state index in [0.29, 0.717) is 17.4 Å². The average molecular weight is 435 g/mol. The van der Waals surface area contributed by atoms with Gasteiger partial charge in [0.1, 0.15) is 5.75 Å². The molecule has 2 aromatic carbocycles. The summed E-state index contributed by atoms with van der Waals surface area (Å²) in [6, 6.07) is 11.8. The van der Waals surface area contributed by atoms with Crippen molar-refractivity contribution in [2.24, 2.45) is 0 Å². The van der Waals surface area contributed by atoms with Gasteiger partial charge in [0.25, 0.3) is 5.91 Å². The topological polar surface area (TPSA) is 63.8 Å². The Morgan fingerprint density at radius 2 is 1.94 bits per heavy atom. The Hall–Kier alpha value is -3.41. The van der Waals surface area contributed by atoms with Crippen LogP contribution in [0.15, 0.2) is 55.3 Å². The summed E-state index contributed by atoms with van der Waals surface area (Å²) in [5, 5.41) is 1.20. The molecule has 0 radical (unpaired) electrons. The van der Waals surface area contributed by atoms with Gasteiger partial charge in [-0.2, -0.15) is 0 Å². The normalized spacial score (nSPS) is 14.4. The molecule has 1 aliphatic heterocycles. The minimum atomic E-state index is 0.00117. The first-order chi connectivity index (χ1) is 15.6. The van der Waals surface area contributed by atoms with Crippen LogP contribution in [0, 0.1) is 0 Å². The SMILES string of the molecule is C=CCc1ccc(OCC(=O)N2CCC(c3c[nH]c4ccc(OC)cc34)CC2)c(OC)c1. The van der Waals surface area contributed by atoms with Gasteiger partial charge in [-0.3, -0.25) is 4.79 Å². The highest BCUT2D eigenvalue weighted by Crippen LogP contribution is 2.35. The number of hydrogen-bond donors (Lipinski definition) is 1. The van der Waals surface area contributed by atoms with Crippen LogP contribution in [0.1, 0.15) is 29.9 Å². The number of amides is 1. The minimum absolute atomic E-state index is 0.00117. The number of hydrogen-bond acceptors (Lipinski definition) is 4. The van der Waals surface area contributed by atoms with Crippen LogP contribution in [0.5, 0.6) is 17.2 Å². The summed E-state index contributed by atoms with van der Waals surface area (Å²) in [7, 11) is 3.29. The number of carbonyl (C=O) groups is 1. The van der Waals surface area contributed by atoms with Gasteiger partial charge in [-0.25, -0.2) is 0 Å². The van der Waals surface area contributed by atoms with Gasteiger partial charge in [0.2, 0.25) is 0 Å². The first-order valence-corrected chi connectivity index (χ1v) is 11.0. The van der Waals surface area contributed by atoms with Gasteiger partial charge in [-0.05, 0) is 66.6 Å². The number of methoxy groups -OCH3 is 2. The quantitative estimate of drug-likeness (QED) is 0.522. The van der Waals surface area contributed by atoms with E-state index in [0.717, 1.165) is 49.2 Å². The molecule has 6 nitrogen and oxygen atoms in total. The summed E-state index contributed by atoms with van der Waals surface area (Å²) >= 11 is 0. The summed E-state index contributed by atoms with van der Waals surface area (Å²) in [4.78, 5) is 18.0. The van der Waals surface area contributed by atoms with Crippen LogP contribution in [0.3, 0.4) is 0 Å². The number of carbonyl (C=O) groups excluding carboxylic acids is 1. The molecule has 32 heavy (non-hydrogen) atoms. The molecule has 0 unspecified atom stereocenters. The first-order valence-electron chi connectivity index (χ1n) is 11.0. The lowest BCUT2D eigenvalue weighted by molar-refractivity contribution is -0.134. The van der Waals surface area contributed by atoms with Crippen molar-refractivity contribution in [2.45, 2.75) is 25.2 Å². The van der Waals surface area contributed by atoms with E-state index >= 15 is 0 Å². The number of nitrogens with zero attached hydrogens (tertiary/aromatic N) is 1. The number of fused-ring (bicyclic) bond motifs is 1. The molecule has 0 spiro atoms. The van der Waals surface area contributed by atoms with Crippen molar-refractivity contribution < 1.29 is 19.0 Å². The van der Waals surface area contributed by atoms with Crippen LogP contribution in [-0.4, -0.2) is 49.7 Å². The van der Waals surface area contributed by atoms with Gasteiger partial charge in [0.05, 0.1) is 14.2 Å². The van der Waals surface area contributed by atoms with Crippen LogP contribution in [-0.2, 0) is 11.2 Å². The Morgan fingerprint density at radius 3 is 2.66 bits per heavy atom. The van der Waals surface area contributed by atoms with E-state index in [9.17, 15) is 4.79 Å². The van der Waals surface area contributed by atoms with E-state index < -0.39 is 0 Å². The number of likely N-dealkylation sites (tertiary alicyclic amines) is 1. The standard InChI is InChI=1S/C26H30N2O4/c1-4-5-18-6-9-24(25(14-18)31-3)32-17-26(29)28-12-10-19(11-13-28)22-16-27-23-8-7-20(30-2)15-21(22)23/h4,6-9,14-16,19,27H,1,5,10-13,17H2,2-3H3. The number of aromatic amines is 1. The molecular weight excluding hydrogens is 404 g/mol. The Kier molecular flexibility index (Phi) is 6.69. The fourth-order valence-corrected chi connectivity index (χ4v) is 4.38. The zero-order valence-electron chi connectivity index (χ0n) is 18.7. The molecule has 1 aromatic heterocycles. The third-order valence-corrected chi connectivity index (χ3v) is 6.17. The zero-order valence-corrected chi connectivity index (χ0v) is 18.7. The highest BCUT2D eigenvalue weighted by atomic mass is 16.5. The highest BCUT2D eigenvalue weighted by Gasteiger charge is 2.26. The van der Waals surface area contributed by atoms with Crippen LogP contribution in [0.2, 0.25) is 0 Å². The molecule has 0 aliphatic carbocycles. The molecule has 4 rings (SSSR count). The van der Waals surface area contributed by atoms with E-state index in [1.807, 2.05) is 41.3 Å². The zero-order chi connectivity index (χ0) is 22.5. The molecule has 0 saturated carbocycles. The summed E-state index contributed by atoms with van der Waals surface area (Å²) in [5.74, 6) is 2.48. The van der Waals surface area contributed by atoms with Crippen LogP contribution in [0.4, 0.5) is 0 Å². The molecule has 1 saturated heterocycles. The molecule has 0 atom stereocenters. The second-order valence-corrected chi connectivity index (χ2v) is 8.08. The van der Waals surface area contributed by atoms with Crippen LogP contribution < -0.4 is 14.2 Å². The number of benzene rings is 2. The van der Waals surface area contributed by atoms with Gasteiger partial charge in [-0.15, -0.1) is 6.58 Å². The lowest BCUT2D eigenvalue weighted by atomic mass is 9.89. The number of ether oxygens (including phenoxy) is 3. The summed E-state index contributed by atoms with van der Waals surface area (Å²) in [6.07, 6.45) is 6.55. The Bertz CT molecular complexity index is 1100. The molecule has 6 heteroatoms. The molecule has 0 bridgehead atoms. The monoisotopic (exact) mass is 434 g/mol. The molecule has 1 amide bonds. The summed E-state index contributed by atoms with van der Waals surface area (Å²) < 4.78 is 16.6. The molecule has 1 N–H and O–H groups in total. The third kappa shape index (κ3) is 4.59. The van der Waals surface area contributed by atoms with Gasteiger partial charge in [0, 0.05) is 30.2 Å². The molecular formula is C26H30N2O4. The number of piperidine rings is 1. The van der Waals surface area contributed by atoms with Crippen molar-refractivity contribution in [3.05, 3.63) is 66.4 Å². The predicted octanol–water partition coefficient (Wildman–Crippen LogP) is 4.70. The second-order valence-electron chi connectivity index (χ2n) is 8.08. The Balaban J connectivity index is 1.35.